The number of benzene rings is 2. The first-order valence-electron chi connectivity index (χ1n) is 32.4. The molecule has 0 saturated carbocycles. The highest BCUT2D eigenvalue weighted by atomic mass is 16.5. The Labute approximate surface area is 591 Å². The number of para-hydroxylation sites is 2. The molecule has 1 aliphatic rings. The van der Waals surface area contributed by atoms with Crippen LogP contribution in [0.25, 0.3) is 10.9 Å². The van der Waals surface area contributed by atoms with Gasteiger partial charge >= 0.3 is 29.8 Å². The molecule has 0 spiro atoms. The molecule has 1 fully saturated rings. The number of nitrogens with two attached hydrogens (primary N) is 2. The van der Waals surface area contributed by atoms with Crippen molar-refractivity contribution >= 4 is 129 Å². The minimum Gasteiger partial charge on any atom is -0.481 e. The van der Waals surface area contributed by atoms with Crippen molar-refractivity contribution in [2.75, 3.05) is 25.4 Å². The molecule has 22 N–H and O–H groups in total. The zero-order chi connectivity index (χ0) is 77.8. The van der Waals surface area contributed by atoms with Crippen LogP contribution in [0, 0.1) is 5.92 Å². The zero-order valence-electron chi connectivity index (χ0n) is 56.9. The third-order valence-electron chi connectivity index (χ3n) is 15.8. The van der Waals surface area contributed by atoms with E-state index in [4.69, 9.17) is 16.2 Å². The number of carboxylic acids is 4. The summed E-state index contributed by atoms with van der Waals surface area (Å²) in [5.74, 6) is -27.9. The number of aliphatic carboxylic acids is 4. The Kier molecular flexibility index (Phi) is 32.9. The number of cyclic esters (lactones) is 1. The van der Waals surface area contributed by atoms with E-state index in [2.05, 4.69) is 52.8 Å². The minimum atomic E-state index is -2.38. The van der Waals surface area contributed by atoms with Crippen molar-refractivity contribution in [2.45, 2.75) is 171 Å². The third-order valence-corrected chi connectivity index (χ3v) is 15.8. The number of aliphatic hydroxyl groups is 1. The van der Waals surface area contributed by atoms with Gasteiger partial charge in [-0.05, 0) is 63.3 Å². The number of hydrogen-bond donors (Lipinski definition) is 20. The molecule has 0 bridgehead atoms. The van der Waals surface area contributed by atoms with Gasteiger partial charge < -0.3 is 111 Å². The minimum absolute atomic E-state index is 0.106. The highest BCUT2D eigenvalue weighted by Gasteiger charge is 2.41. The summed E-state index contributed by atoms with van der Waals surface area (Å²) < 4.78 is 5.65. The first kappa shape index (κ1) is 84.4. The number of aromatic nitrogens is 1. The van der Waals surface area contributed by atoms with Crippen LogP contribution in [0.3, 0.4) is 0 Å². The van der Waals surface area contributed by atoms with Crippen molar-refractivity contribution in [2.24, 2.45) is 11.7 Å². The van der Waals surface area contributed by atoms with Gasteiger partial charge in [0.1, 0.15) is 72.3 Å². The van der Waals surface area contributed by atoms with Crippen molar-refractivity contribution in [3.63, 3.8) is 0 Å². The van der Waals surface area contributed by atoms with Gasteiger partial charge in [-0.25, -0.2) is 4.79 Å². The number of anilines is 1. The molecule has 104 heavy (non-hydrogen) atoms. The summed E-state index contributed by atoms with van der Waals surface area (Å²) in [6, 6.07) is -9.68. The number of ketones is 2. The average Bonchev–Trinajstić information content (AvgIpc) is 1.32. The summed E-state index contributed by atoms with van der Waals surface area (Å²) in [4.78, 5) is 260. The van der Waals surface area contributed by atoms with Crippen molar-refractivity contribution in [3.8, 4) is 0 Å². The monoisotopic (exact) mass is 1460 g/mol. The van der Waals surface area contributed by atoms with Crippen LogP contribution in [0.5, 0.6) is 0 Å². The second-order valence-electron chi connectivity index (χ2n) is 24.3. The summed E-state index contributed by atoms with van der Waals surface area (Å²) in [5, 5.41) is 75.9. The first-order chi connectivity index (χ1) is 48.9. The number of carbonyl (C=O) groups is 19. The number of esters is 1. The maximum Gasteiger partial charge on any atom is 0.329 e. The number of Topliss-reactive ketones (excluding diaryl/α,β-unsaturated/α-hetero) is 2. The van der Waals surface area contributed by atoms with E-state index in [-0.39, 0.29) is 30.5 Å². The van der Waals surface area contributed by atoms with Gasteiger partial charge in [0, 0.05) is 41.2 Å². The summed E-state index contributed by atoms with van der Waals surface area (Å²) in [6.45, 7) is 2.06. The quantitative estimate of drug-likeness (QED) is 0.0202. The molecule has 40 nitrogen and oxygen atoms in total. The van der Waals surface area contributed by atoms with Gasteiger partial charge in [-0.1, -0.05) is 57.0 Å². The van der Waals surface area contributed by atoms with Crippen molar-refractivity contribution < 1.29 is 121 Å². The van der Waals surface area contributed by atoms with E-state index in [1.165, 1.54) is 24.3 Å². The van der Waals surface area contributed by atoms with E-state index >= 15 is 0 Å². The largest absolute Gasteiger partial charge is 0.481 e. The number of amides is 12. The third kappa shape index (κ3) is 26.8. The van der Waals surface area contributed by atoms with Gasteiger partial charge in [0.05, 0.1) is 51.4 Å². The molecule has 12 amide bonds. The lowest BCUT2D eigenvalue weighted by atomic mass is 9.96. The Bertz CT molecular complexity index is 3750. The molecule has 2 aromatic carbocycles. The Morgan fingerprint density at radius 1 is 0.587 bits per heavy atom. The van der Waals surface area contributed by atoms with Crippen LogP contribution in [-0.2, 0) is 97.5 Å². The molecule has 1 aromatic heterocycles. The molecular formula is C64H85N15O25. The molecule has 40 heteroatoms. The predicted molar refractivity (Wildman–Crippen MR) is 356 cm³/mol. The molecule has 13 atom stereocenters. The number of unbranched alkanes of at least 4 members (excludes halogenated alkanes) is 1. The van der Waals surface area contributed by atoms with Crippen LogP contribution in [-0.4, -0.2) is 235 Å². The van der Waals surface area contributed by atoms with Gasteiger partial charge in [-0.2, -0.15) is 0 Å². The number of H-pyrrole nitrogens is 1. The predicted octanol–water partition coefficient (Wildman–Crippen LogP) is -6.36. The molecule has 4 rings (SSSR count). The van der Waals surface area contributed by atoms with Crippen LogP contribution in [0.2, 0.25) is 0 Å². The van der Waals surface area contributed by atoms with Gasteiger partial charge in [-0.3, -0.25) is 86.3 Å². The number of fused-ring (bicyclic) bond motifs is 1. The highest BCUT2D eigenvalue weighted by molar-refractivity contribution is 6.05. The lowest BCUT2D eigenvalue weighted by Crippen LogP contribution is -2.61. The number of nitrogen functional groups attached to an aromatic ring is 1. The number of nitrogens with one attached hydrogen (secondary N) is 13. The fourth-order valence-corrected chi connectivity index (χ4v) is 10.3. The van der Waals surface area contributed by atoms with E-state index in [0.717, 1.165) is 27.7 Å². The highest BCUT2D eigenvalue weighted by Crippen LogP contribution is 2.20. The molecule has 566 valence electrons. The number of carboxylic acid groups (broad SMARTS) is 4. The SMILES string of the molecule is CCCCC1NC(=O)CNC(=O)C(NC(=O)C(CC(=O)O)NC(=O)[C@H](CC(C)=O)NC(=O)[C@H](N)Cc2c[nH]c3ccccc23)C(C)OC(=O)C(CC(=O)c2ccccc2N)NC(=O)C(C(C)CC(=O)O)NC(=O)C(CO)NC(=O)CNC(=O)C(CC(=O)O)NC(=O)C(C)NC(=O)C(CC(=O)O)NC1=O. The van der Waals surface area contributed by atoms with E-state index in [1.807, 2.05) is 16.0 Å². The van der Waals surface area contributed by atoms with Gasteiger partial charge in [0.15, 0.2) is 5.78 Å². The lowest BCUT2D eigenvalue weighted by Gasteiger charge is -2.30. The van der Waals surface area contributed by atoms with Crippen molar-refractivity contribution in [1.29, 1.82) is 0 Å². The Hall–Kier alpha value is -12.0. The van der Waals surface area contributed by atoms with E-state index in [0.29, 0.717) is 22.9 Å². The second kappa shape index (κ2) is 40.5. The summed E-state index contributed by atoms with van der Waals surface area (Å²) >= 11 is 0. The van der Waals surface area contributed by atoms with Crippen molar-refractivity contribution in [3.05, 3.63) is 65.9 Å². The van der Waals surface area contributed by atoms with Crippen LogP contribution in [0.15, 0.2) is 54.7 Å². The Morgan fingerprint density at radius 3 is 1.72 bits per heavy atom. The summed E-state index contributed by atoms with van der Waals surface area (Å²) in [7, 11) is 0. The molecular weight excluding hydrogens is 1380 g/mol. The summed E-state index contributed by atoms with van der Waals surface area (Å²) in [5.41, 5.74) is 13.2. The molecule has 1 saturated heterocycles. The number of carbonyl (C=O) groups excluding carboxylic acids is 15. The second-order valence-corrected chi connectivity index (χ2v) is 24.3. The number of ether oxygens (including phenoxy) is 1. The zero-order valence-corrected chi connectivity index (χ0v) is 56.9. The van der Waals surface area contributed by atoms with E-state index < -0.39 is 249 Å². The van der Waals surface area contributed by atoms with Gasteiger partial charge in [-0.15, -0.1) is 0 Å². The Morgan fingerprint density at radius 2 is 1.12 bits per heavy atom. The topological polar surface area (TPSA) is 647 Å². The van der Waals surface area contributed by atoms with E-state index in [9.17, 15) is 117 Å². The maximum absolute atomic E-state index is 14.7. The standard InChI is InChI=1S/C64H85N15O25/c1-6-7-15-38-57(96)75-41(22-50(89)90)58(97)70-30(4)54(93)73-40(21-49(87)88)56(95)68-25-47(84)72-44(27-80)61(100)78-52(28(2)17-48(85)86)63(102)77-43(20-45(82)34-13-8-10-14-35(34)65)64(103)104-31(5)53(62(101)69-26-46(83)71-38)79-60(99)42(23-51(91)92)76-59(98)39(18-29(3)81)74-55(94)36(66)19-32-24-67-37-16-11-9-12-33(32)37/h8-14,16,24,28,30-31,36,38-44,52-53,67,80H,6-7,15,17-23,25-27,65-66H2,1-5H3,(H,68,95)(H,69,101)(H,70,97)(H,71,83)(H,72,84)(H,73,93)(H,74,94)(H,75,96)(H,76,98)(H,77,102)(H,78,100)(H,79,99)(H,85,86)(H,87,88)(H,89,90)(H,91,92)/t28?,30?,31?,36-,38?,39+,40?,41?,42?,43?,44?,52?,53?/m1/s1. The maximum atomic E-state index is 14.7. The van der Waals surface area contributed by atoms with Gasteiger partial charge in [0.25, 0.3) is 0 Å². The number of rotatable bonds is 26. The first-order valence-corrected chi connectivity index (χ1v) is 32.4. The summed E-state index contributed by atoms with van der Waals surface area (Å²) in [6.07, 6.45) is -6.95. The fourth-order valence-electron chi connectivity index (χ4n) is 10.3. The lowest BCUT2D eigenvalue weighted by molar-refractivity contribution is -0.156. The van der Waals surface area contributed by atoms with E-state index in [1.54, 1.807) is 37.4 Å². The number of hydrogen-bond acceptors (Lipinski definition) is 23. The van der Waals surface area contributed by atoms with Crippen molar-refractivity contribution in [1.82, 2.24) is 68.8 Å². The van der Waals surface area contributed by atoms with Crippen LogP contribution in [0.4, 0.5) is 5.69 Å². The number of aliphatic hydroxyl groups excluding tert-OH is 1. The molecule has 2 heterocycles. The van der Waals surface area contributed by atoms with Crippen LogP contribution >= 0.6 is 0 Å². The normalized spacial score (nSPS) is 22.2. The van der Waals surface area contributed by atoms with Gasteiger partial charge in [0.2, 0.25) is 70.9 Å². The fraction of sp³-hybridized carbons (Fsp3) is 0.484. The average molecular weight is 1460 g/mol. The van der Waals surface area contributed by atoms with Crippen LogP contribution < -0.4 is 75.3 Å². The number of aromatic amines is 1. The molecule has 11 unspecified atom stereocenters. The molecule has 1 aliphatic heterocycles. The molecule has 3 aromatic rings. The smallest absolute Gasteiger partial charge is 0.329 e. The molecule has 0 aliphatic carbocycles. The molecule has 0 radical (unpaired) electrons. The van der Waals surface area contributed by atoms with Crippen LogP contribution in [0.1, 0.15) is 108 Å². The Balaban J connectivity index is 1.86.